The molecule has 4 nitrogen and oxygen atoms in total. The van der Waals surface area contributed by atoms with Crippen LogP contribution in [0.5, 0.6) is 0 Å². The minimum Gasteiger partial charge on any atom is -0.748 e. The molecule has 170 valence electrons. The van der Waals surface area contributed by atoms with Gasteiger partial charge in [-0.05, 0) is 26.2 Å². The first-order valence-corrected chi connectivity index (χ1v) is 13.5. The number of hydrogen-bond acceptors (Lipinski definition) is 4. The number of rotatable bonds is 21. The van der Waals surface area contributed by atoms with E-state index < -0.39 is 15.4 Å². The van der Waals surface area contributed by atoms with Gasteiger partial charge >= 0.3 is 29.6 Å². The predicted molar refractivity (Wildman–Crippen MR) is 119 cm³/mol. The zero-order valence-electron chi connectivity index (χ0n) is 19.7. The van der Waals surface area contributed by atoms with Crippen molar-refractivity contribution < 1.29 is 47.6 Å². The SMILES string of the molecule is CCCCCCCCCCCCCC(O)CCCCCCCC(C)S(=O)(=O)[O-].[Na+]. The van der Waals surface area contributed by atoms with Crippen LogP contribution in [0.4, 0.5) is 0 Å². The molecule has 0 radical (unpaired) electrons. The van der Waals surface area contributed by atoms with Gasteiger partial charge in [0.25, 0.3) is 0 Å². The minimum atomic E-state index is -4.12. The van der Waals surface area contributed by atoms with E-state index in [0.717, 1.165) is 51.4 Å². The van der Waals surface area contributed by atoms with Crippen molar-refractivity contribution in [1.29, 1.82) is 0 Å². The van der Waals surface area contributed by atoms with Crippen molar-refractivity contribution in [3.8, 4) is 0 Å². The summed E-state index contributed by atoms with van der Waals surface area (Å²) in [6.07, 6.45) is 21.7. The maximum atomic E-state index is 10.8. The molecular weight excluding hydrogens is 395 g/mol. The molecule has 0 rings (SSSR count). The molecule has 0 aromatic carbocycles. The second-order valence-corrected chi connectivity index (χ2v) is 10.4. The fourth-order valence-electron chi connectivity index (χ4n) is 3.67. The molecule has 29 heavy (non-hydrogen) atoms. The molecule has 1 N–H and O–H groups in total. The summed E-state index contributed by atoms with van der Waals surface area (Å²) in [7, 11) is -4.12. The molecule has 0 bridgehead atoms. The Bertz CT molecular complexity index is 429. The van der Waals surface area contributed by atoms with E-state index in [1.807, 2.05) is 0 Å². The first kappa shape index (κ1) is 32.1. The molecule has 0 saturated heterocycles. The second kappa shape index (κ2) is 22.1. The van der Waals surface area contributed by atoms with Gasteiger partial charge in [0.1, 0.15) is 0 Å². The Hall–Kier alpha value is 0.870. The molecule has 0 aromatic heterocycles. The van der Waals surface area contributed by atoms with Gasteiger partial charge in [-0.25, -0.2) is 8.42 Å². The predicted octanol–water partition coefficient (Wildman–Crippen LogP) is 3.72. The Kier molecular flexibility index (Phi) is 24.4. The summed E-state index contributed by atoms with van der Waals surface area (Å²) in [6.45, 7) is 3.75. The van der Waals surface area contributed by atoms with Crippen molar-refractivity contribution in [1.82, 2.24) is 0 Å². The number of aliphatic hydroxyl groups excluding tert-OH is 1. The molecule has 0 heterocycles. The summed E-state index contributed by atoms with van der Waals surface area (Å²) >= 11 is 0. The normalized spacial score (nSPS) is 13.8. The summed E-state index contributed by atoms with van der Waals surface area (Å²) in [4.78, 5) is 0. The molecule has 0 amide bonds. The van der Waals surface area contributed by atoms with Crippen LogP contribution in [0.1, 0.15) is 136 Å². The number of hydrogen-bond donors (Lipinski definition) is 1. The minimum absolute atomic E-state index is 0. The van der Waals surface area contributed by atoms with Gasteiger partial charge in [-0.2, -0.15) is 0 Å². The van der Waals surface area contributed by atoms with Gasteiger partial charge < -0.3 is 9.66 Å². The molecule has 0 saturated carbocycles. The maximum Gasteiger partial charge on any atom is 1.00 e. The van der Waals surface area contributed by atoms with Crippen LogP contribution in [0.2, 0.25) is 0 Å². The van der Waals surface area contributed by atoms with E-state index in [9.17, 15) is 18.1 Å². The van der Waals surface area contributed by atoms with Crippen molar-refractivity contribution in [2.75, 3.05) is 0 Å². The average molecular weight is 443 g/mol. The van der Waals surface area contributed by atoms with Gasteiger partial charge in [0.05, 0.1) is 16.2 Å². The quantitative estimate of drug-likeness (QED) is 0.167. The van der Waals surface area contributed by atoms with Crippen LogP contribution in [0.3, 0.4) is 0 Å². The van der Waals surface area contributed by atoms with Crippen molar-refractivity contribution in [2.24, 2.45) is 0 Å². The van der Waals surface area contributed by atoms with E-state index in [2.05, 4.69) is 6.92 Å². The van der Waals surface area contributed by atoms with Crippen molar-refractivity contribution in [2.45, 2.75) is 147 Å². The largest absolute Gasteiger partial charge is 1.00 e. The summed E-state index contributed by atoms with van der Waals surface area (Å²) < 4.78 is 32.4. The van der Waals surface area contributed by atoms with E-state index >= 15 is 0 Å². The van der Waals surface area contributed by atoms with Crippen LogP contribution in [-0.4, -0.2) is 29.4 Å². The topological polar surface area (TPSA) is 77.4 Å². The van der Waals surface area contributed by atoms with Gasteiger partial charge in [0.2, 0.25) is 0 Å². The van der Waals surface area contributed by atoms with E-state index in [4.69, 9.17) is 0 Å². The summed E-state index contributed by atoms with van der Waals surface area (Å²) in [5.41, 5.74) is 0. The van der Waals surface area contributed by atoms with Crippen molar-refractivity contribution in [3.63, 3.8) is 0 Å². The van der Waals surface area contributed by atoms with Crippen molar-refractivity contribution >= 4 is 10.1 Å². The van der Waals surface area contributed by atoms with Crippen LogP contribution < -0.4 is 29.6 Å². The Labute approximate surface area is 204 Å². The molecular formula is C23H47NaO4S. The Morgan fingerprint density at radius 2 is 0.966 bits per heavy atom. The summed E-state index contributed by atoms with van der Waals surface area (Å²) in [5, 5.41) is 9.29. The summed E-state index contributed by atoms with van der Waals surface area (Å²) in [5.74, 6) is 0. The molecule has 6 heteroatoms. The Morgan fingerprint density at radius 1 is 0.655 bits per heavy atom. The van der Waals surface area contributed by atoms with Crippen LogP contribution in [0, 0.1) is 0 Å². The number of unbranched alkanes of at least 4 members (excludes halogenated alkanes) is 14. The third kappa shape index (κ3) is 23.4. The third-order valence-electron chi connectivity index (χ3n) is 5.78. The Balaban J connectivity index is 0. The fraction of sp³-hybridized carbons (Fsp3) is 1.00. The zero-order valence-corrected chi connectivity index (χ0v) is 22.5. The fourth-order valence-corrected chi connectivity index (χ4v) is 4.13. The van der Waals surface area contributed by atoms with Crippen molar-refractivity contribution in [3.05, 3.63) is 0 Å². The van der Waals surface area contributed by atoms with Gasteiger partial charge in [0.15, 0.2) is 0 Å². The molecule has 0 aliphatic rings. The average Bonchev–Trinajstić information content (AvgIpc) is 2.64. The van der Waals surface area contributed by atoms with Crippen LogP contribution >= 0.6 is 0 Å². The van der Waals surface area contributed by atoms with Crippen LogP contribution in [0.15, 0.2) is 0 Å². The monoisotopic (exact) mass is 442 g/mol. The molecule has 0 fully saturated rings. The van der Waals surface area contributed by atoms with E-state index in [1.54, 1.807) is 0 Å². The first-order valence-electron chi connectivity index (χ1n) is 12.0. The summed E-state index contributed by atoms with van der Waals surface area (Å²) in [6, 6.07) is 0. The van der Waals surface area contributed by atoms with E-state index in [0.29, 0.717) is 6.42 Å². The van der Waals surface area contributed by atoms with Gasteiger partial charge in [-0.1, -0.05) is 110 Å². The van der Waals surface area contributed by atoms with E-state index in [-0.39, 0.29) is 35.7 Å². The molecule has 0 aliphatic heterocycles. The first-order chi connectivity index (χ1) is 13.4. The van der Waals surface area contributed by atoms with Crippen LogP contribution in [-0.2, 0) is 10.1 Å². The molecule has 0 aromatic rings. The van der Waals surface area contributed by atoms with E-state index in [1.165, 1.54) is 71.1 Å². The second-order valence-electron chi connectivity index (χ2n) is 8.63. The zero-order chi connectivity index (χ0) is 21.1. The smallest absolute Gasteiger partial charge is 0.748 e. The third-order valence-corrected chi connectivity index (χ3v) is 7.00. The standard InChI is InChI=1S/C23H48O4S.Na/c1-3-4-5-6-7-8-9-10-11-14-17-20-23(24)21-18-15-12-13-16-19-22(2)28(25,26)27;/h22-24H,3-21H2,1-2H3,(H,25,26,27);/q;+1/p-1. The molecule has 2 atom stereocenters. The molecule has 2 unspecified atom stereocenters. The molecule has 0 aliphatic carbocycles. The maximum absolute atomic E-state index is 10.8. The van der Waals surface area contributed by atoms with Gasteiger partial charge in [-0.15, -0.1) is 0 Å². The molecule has 0 spiro atoms. The van der Waals surface area contributed by atoms with Gasteiger partial charge in [-0.3, -0.25) is 0 Å². The van der Waals surface area contributed by atoms with Gasteiger partial charge in [0, 0.05) is 5.25 Å². The Morgan fingerprint density at radius 3 is 1.31 bits per heavy atom. The number of aliphatic hydroxyl groups is 1. The van der Waals surface area contributed by atoms with Crippen LogP contribution in [0.25, 0.3) is 0 Å².